The highest BCUT2D eigenvalue weighted by Crippen LogP contribution is 2.25. The highest BCUT2D eigenvalue weighted by molar-refractivity contribution is 7.84. The molecular weight excluding hydrogens is 298 g/mol. The van der Waals surface area contributed by atoms with Crippen molar-refractivity contribution in [3.63, 3.8) is 0 Å². The van der Waals surface area contributed by atoms with Crippen molar-refractivity contribution in [3.8, 4) is 0 Å². The average Bonchev–Trinajstić information content (AvgIpc) is 2.53. The summed E-state index contributed by atoms with van der Waals surface area (Å²) in [5.74, 6) is 0.501. The van der Waals surface area contributed by atoms with E-state index in [1.807, 2.05) is 0 Å². The Labute approximate surface area is 135 Å². The summed E-state index contributed by atoms with van der Waals surface area (Å²) in [4.78, 5) is 12.7. The molecule has 1 N–H and O–H groups in total. The summed E-state index contributed by atoms with van der Waals surface area (Å²) in [5.41, 5.74) is 0.584. The number of nitrogens with one attached hydrogen (secondary N) is 1. The van der Waals surface area contributed by atoms with Crippen LogP contribution in [-0.2, 0) is 15.5 Å². The fraction of sp³-hybridized carbons (Fsp3) is 0.588. The topological polar surface area (TPSA) is 55.4 Å². The first-order valence-corrected chi connectivity index (χ1v) is 9.47. The third-order valence-electron chi connectivity index (χ3n) is 4.20. The average molecular weight is 323 g/mol. The minimum Gasteiger partial charge on any atom is -0.376 e. The number of hydrogen-bond acceptors (Lipinski definition) is 3. The minimum atomic E-state index is -1.02. The van der Waals surface area contributed by atoms with Gasteiger partial charge in [0.25, 0.3) is 5.91 Å². The van der Waals surface area contributed by atoms with Gasteiger partial charge in [-0.2, -0.15) is 0 Å². The molecule has 0 radical (unpaired) electrons. The van der Waals surface area contributed by atoms with Crippen LogP contribution in [0, 0.1) is 5.92 Å². The second-order valence-electron chi connectivity index (χ2n) is 5.91. The molecule has 1 aliphatic rings. The van der Waals surface area contributed by atoms with E-state index in [2.05, 4.69) is 12.2 Å². The van der Waals surface area contributed by atoms with Gasteiger partial charge in [0.05, 0.1) is 12.7 Å². The molecule has 1 fully saturated rings. The first-order chi connectivity index (χ1) is 10.6. The Bertz CT molecular complexity index is 515. The zero-order chi connectivity index (χ0) is 15.9. The summed E-state index contributed by atoms with van der Waals surface area (Å²) in [5, 5.41) is 2.86. The summed E-state index contributed by atoms with van der Waals surface area (Å²) in [7, 11) is -1.02. The van der Waals surface area contributed by atoms with Crippen LogP contribution in [0.4, 0.5) is 0 Å². The Morgan fingerprint density at radius 1 is 1.27 bits per heavy atom. The van der Waals surface area contributed by atoms with Gasteiger partial charge in [-0.25, -0.2) is 0 Å². The molecule has 1 aromatic rings. The maximum Gasteiger partial charge on any atom is 0.251 e. The van der Waals surface area contributed by atoms with Crippen molar-refractivity contribution in [2.45, 2.75) is 43.6 Å². The van der Waals surface area contributed by atoms with Crippen molar-refractivity contribution in [2.24, 2.45) is 5.92 Å². The molecule has 0 aliphatic heterocycles. The minimum absolute atomic E-state index is 0.117. The van der Waals surface area contributed by atoms with Gasteiger partial charge < -0.3 is 10.1 Å². The number of ether oxygens (including phenoxy) is 1. The van der Waals surface area contributed by atoms with Gasteiger partial charge in [-0.1, -0.05) is 19.8 Å². The fourth-order valence-electron chi connectivity index (χ4n) is 2.80. The number of carbonyl (C=O) groups is 1. The molecule has 3 atom stereocenters. The number of carbonyl (C=O) groups excluding carboxylic acids is 1. The molecule has 0 aromatic heterocycles. The molecule has 0 bridgehead atoms. The van der Waals surface area contributed by atoms with Gasteiger partial charge in [-0.15, -0.1) is 0 Å². The largest absolute Gasteiger partial charge is 0.376 e. The van der Waals surface area contributed by atoms with Crippen molar-refractivity contribution in [2.75, 3.05) is 19.4 Å². The molecule has 1 amide bonds. The van der Waals surface area contributed by atoms with Crippen molar-refractivity contribution in [1.82, 2.24) is 5.32 Å². The lowest BCUT2D eigenvalue weighted by atomic mass is 9.88. The van der Waals surface area contributed by atoms with Crippen LogP contribution in [-0.4, -0.2) is 35.6 Å². The molecule has 5 heteroatoms. The third kappa shape index (κ3) is 4.92. The molecule has 1 saturated carbocycles. The lowest BCUT2D eigenvalue weighted by Gasteiger charge is -2.28. The van der Waals surface area contributed by atoms with Crippen LogP contribution in [0.2, 0.25) is 0 Å². The molecule has 0 spiro atoms. The zero-order valence-electron chi connectivity index (χ0n) is 13.3. The normalized spacial score (nSPS) is 23.0. The van der Waals surface area contributed by atoms with E-state index in [1.165, 1.54) is 19.3 Å². The first-order valence-electron chi connectivity index (χ1n) is 7.91. The fourth-order valence-corrected chi connectivity index (χ4v) is 3.32. The predicted molar refractivity (Wildman–Crippen MR) is 88.5 cm³/mol. The summed E-state index contributed by atoms with van der Waals surface area (Å²) >= 11 is 0. The number of benzene rings is 1. The summed E-state index contributed by atoms with van der Waals surface area (Å²) in [6.07, 6.45) is 6.87. The van der Waals surface area contributed by atoms with Gasteiger partial charge in [-0.3, -0.25) is 9.00 Å². The van der Waals surface area contributed by atoms with E-state index in [9.17, 15) is 9.00 Å². The SMILES string of the molecule is C[C@@H]1CCCC[C@@H]1OCCNC(=O)c1ccc([S@](C)=O)cc1. The zero-order valence-corrected chi connectivity index (χ0v) is 14.2. The van der Waals surface area contributed by atoms with Gasteiger partial charge >= 0.3 is 0 Å². The molecule has 4 nitrogen and oxygen atoms in total. The quantitative estimate of drug-likeness (QED) is 0.819. The Hall–Kier alpha value is -1.20. The number of hydrogen-bond donors (Lipinski definition) is 1. The summed E-state index contributed by atoms with van der Waals surface area (Å²) in [6, 6.07) is 6.86. The van der Waals surface area contributed by atoms with E-state index in [0.717, 1.165) is 11.3 Å². The monoisotopic (exact) mass is 323 g/mol. The van der Waals surface area contributed by atoms with Gasteiger partial charge in [0.1, 0.15) is 0 Å². The van der Waals surface area contributed by atoms with E-state index < -0.39 is 10.8 Å². The van der Waals surface area contributed by atoms with Crippen LogP contribution < -0.4 is 5.32 Å². The maximum absolute atomic E-state index is 12.0. The Morgan fingerprint density at radius 3 is 2.59 bits per heavy atom. The first kappa shape index (κ1) is 17.2. The van der Waals surface area contributed by atoms with Crippen molar-refractivity contribution < 1.29 is 13.7 Å². The summed E-state index contributed by atoms with van der Waals surface area (Å²) in [6.45, 7) is 3.31. The molecule has 0 unspecified atom stereocenters. The van der Waals surface area contributed by atoms with E-state index in [4.69, 9.17) is 4.74 Å². The maximum atomic E-state index is 12.0. The third-order valence-corrected chi connectivity index (χ3v) is 5.14. The van der Waals surface area contributed by atoms with Crippen molar-refractivity contribution >= 4 is 16.7 Å². The highest BCUT2D eigenvalue weighted by atomic mass is 32.2. The molecule has 1 aliphatic carbocycles. The Morgan fingerprint density at radius 2 is 1.95 bits per heavy atom. The number of amides is 1. The van der Waals surface area contributed by atoms with Crippen LogP contribution in [0.5, 0.6) is 0 Å². The predicted octanol–water partition coefficient (Wildman–Crippen LogP) is 2.75. The molecule has 22 heavy (non-hydrogen) atoms. The van der Waals surface area contributed by atoms with Crippen molar-refractivity contribution in [3.05, 3.63) is 29.8 Å². The van der Waals surface area contributed by atoms with Crippen LogP contribution in [0.3, 0.4) is 0 Å². The molecular formula is C17H25NO3S. The van der Waals surface area contributed by atoms with Crippen LogP contribution in [0.15, 0.2) is 29.2 Å². The highest BCUT2D eigenvalue weighted by Gasteiger charge is 2.21. The van der Waals surface area contributed by atoms with Gasteiger partial charge in [-0.05, 0) is 43.0 Å². The van der Waals surface area contributed by atoms with Gasteiger partial charge in [0.2, 0.25) is 0 Å². The molecule has 0 saturated heterocycles. The van der Waals surface area contributed by atoms with E-state index in [-0.39, 0.29) is 5.91 Å². The molecule has 0 heterocycles. The van der Waals surface area contributed by atoms with Crippen LogP contribution >= 0.6 is 0 Å². The van der Waals surface area contributed by atoms with E-state index in [1.54, 1.807) is 30.5 Å². The molecule has 122 valence electrons. The van der Waals surface area contributed by atoms with Crippen LogP contribution in [0.25, 0.3) is 0 Å². The number of rotatable bonds is 6. The standard InChI is InChI=1S/C17H25NO3S/c1-13-5-3-4-6-16(13)21-12-11-18-17(19)14-7-9-15(10-8-14)22(2)20/h7-10,13,16H,3-6,11-12H2,1-2H3,(H,18,19)/t13-,16+,22+/m1/s1. The van der Waals surface area contributed by atoms with Crippen LogP contribution in [0.1, 0.15) is 43.0 Å². The smallest absolute Gasteiger partial charge is 0.251 e. The van der Waals surface area contributed by atoms with Gasteiger partial charge in [0, 0.05) is 34.1 Å². The van der Waals surface area contributed by atoms with E-state index >= 15 is 0 Å². The van der Waals surface area contributed by atoms with Gasteiger partial charge in [0.15, 0.2) is 0 Å². The lowest BCUT2D eigenvalue weighted by Crippen LogP contribution is -2.31. The second kappa shape index (κ2) is 8.44. The Kier molecular flexibility index (Phi) is 6.58. The Balaban J connectivity index is 1.72. The summed E-state index contributed by atoms with van der Waals surface area (Å²) < 4.78 is 17.2. The molecule has 2 rings (SSSR count). The lowest BCUT2D eigenvalue weighted by molar-refractivity contribution is -0.00293. The second-order valence-corrected chi connectivity index (χ2v) is 7.29. The van der Waals surface area contributed by atoms with Crippen molar-refractivity contribution in [1.29, 1.82) is 0 Å². The molecule has 1 aromatic carbocycles. The van der Waals surface area contributed by atoms with E-state index in [0.29, 0.717) is 30.7 Å².